The molecule has 1 N–H and O–H groups in total. The molecule has 30 heavy (non-hydrogen) atoms. The molecular formula is C22H23F3N2O3. The van der Waals surface area contributed by atoms with Gasteiger partial charge in [-0.15, -0.1) is 0 Å². The molecule has 2 amide bonds. The van der Waals surface area contributed by atoms with Gasteiger partial charge >= 0.3 is 6.18 Å². The standard InChI is InChI=1S/C22H23F3N2O3/c23-22(24,25)18-8-6-17(7-9-18)21(29)27-13-10-16(11-14-27)20(28)26-12-15-30-19-4-2-1-3-5-19/h1-9,16H,10-15H2,(H,26,28). The SMILES string of the molecule is O=C(NCCOc1ccccc1)C1CCN(C(=O)c2ccc(C(F)(F)F)cc2)CC1. The Morgan fingerprint density at radius 3 is 2.23 bits per heavy atom. The molecular weight excluding hydrogens is 397 g/mol. The number of hydrogen-bond acceptors (Lipinski definition) is 3. The second-order valence-electron chi connectivity index (χ2n) is 7.09. The van der Waals surface area contributed by atoms with E-state index in [0.717, 1.165) is 17.9 Å². The van der Waals surface area contributed by atoms with E-state index in [1.807, 2.05) is 30.3 Å². The van der Waals surface area contributed by atoms with Crippen LogP contribution in [0.3, 0.4) is 0 Å². The first kappa shape index (κ1) is 21.7. The molecule has 3 rings (SSSR count). The average molecular weight is 420 g/mol. The number of halogens is 3. The van der Waals surface area contributed by atoms with Crippen LogP contribution in [0.2, 0.25) is 0 Å². The third-order valence-electron chi connectivity index (χ3n) is 5.03. The van der Waals surface area contributed by atoms with Crippen LogP contribution in [-0.4, -0.2) is 43.0 Å². The summed E-state index contributed by atoms with van der Waals surface area (Å²) in [5, 5.41) is 2.84. The third kappa shape index (κ3) is 5.75. The Balaban J connectivity index is 1.41. The minimum absolute atomic E-state index is 0.0757. The molecule has 5 nitrogen and oxygen atoms in total. The Morgan fingerprint density at radius 2 is 1.63 bits per heavy atom. The van der Waals surface area contributed by atoms with Crippen molar-refractivity contribution in [3.8, 4) is 5.75 Å². The summed E-state index contributed by atoms with van der Waals surface area (Å²) in [5.74, 6) is 0.146. The van der Waals surface area contributed by atoms with Crippen LogP contribution in [0.15, 0.2) is 54.6 Å². The second-order valence-corrected chi connectivity index (χ2v) is 7.09. The number of rotatable bonds is 6. The molecule has 0 bridgehead atoms. The average Bonchev–Trinajstić information content (AvgIpc) is 2.76. The largest absolute Gasteiger partial charge is 0.492 e. The van der Waals surface area contributed by atoms with Crippen molar-refractivity contribution in [2.24, 2.45) is 5.92 Å². The molecule has 0 unspecified atom stereocenters. The van der Waals surface area contributed by atoms with Crippen LogP contribution in [0.5, 0.6) is 5.75 Å². The van der Waals surface area contributed by atoms with Gasteiger partial charge in [0.2, 0.25) is 5.91 Å². The summed E-state index contributed by atoms with van der Waals surface area (Å²) in [6.07, 6.45) is -3.41. The van der Waals surface area contributed by atoms with E-state index in [1.54, 1.807) is 4.90 Å². The molecule has 1 aliphatic heterocycles. The number of likely N-dealkylation sites (tertiary alicyclic amines) is 1. The van der Waals surface area contributed by atoms with Crippen LogP contribution in [0, 0.1) is 5.92 Å². The van der Waals surface area contributed by atoms with Crippen molar-refractivity contribution < 1.29 is 27.5 Å². The Kier molecular flexibility index (Phi) is 6.97. The minimum atomic E-state index is -4.43. The van der Waals surface area contributed by atoms with Gasteiger partial charge in [0.15, 0.2) is 0 Å². The molecule has 160 valence electrons. The first-order chi connectivity index (χ1) is 14.3. The Hall–Kier alpha value is -3.03. The van der Waals surface area contributed by atoms with Gasteiger partial charge in [0.1, 0.15) is 12.4 Å². The number of hydrogen-bond donors (Lipinski definition) is 1. The lowest BCUT2D eigenvalue weighted by Crippen LogP contribution is -2.43. The van der Waals surface area contributed by atoms with Gasteiger partial charge in [-0.2, -0.15) is 13.2 Å². The van der Waals surface area contributed by atoms with Crippen molar-refractivity contribution in [1.29, 1.82) is 0 Å². The molecule has 0 aliphatic carbocycles. The fourth-order valence-electron chi connectivity index (χ4n) is 3.33. The molecule has 8 heteroatoms. The van der Waals surface area contributed by atoms with Gasteiger partial charge in [0.25, 0.3) is 5.91 Å². The summed E-state index contributed by atoms with van der Waals surface area (Å²) < 4.78 is 43.5. The fraction of sp³-hybridized carbons (Fsp3) is 0.364. The van der Waals surface area contributed by atoms with Crippen LogP contribution >= 0.6 is 0 Å². The van der Waals surface area contributed by atoms with Crippen LogP contribution < -0.4 is 10.1 Å². The molecule has 2 aromatic rings. The predicted molar refractivity (Wildman–Crippen MR) is 105 cm³/mol. The molecule has 1 saturated heterocycles. The van der Waals surface area contributed by atoms with Gasteiger partial charge in [0.05, 0.1) is 12.1 Å². The van der Waals surface area contributed by atoms with E-state index in [2.05, 4.69) is 5.32 Å². The van der Waals surface area contributed by atoms with E-state index in [4.69, 9.17) is 4.74 Å². The lowest BCUT2D eigenvalue weighted by molar-refractivity contribution is -0.137. The third-order valence-corrected chi connectivity index (χ3v) is 5.03. The maximum atomic E-state index is 12.7. The van der Waals surface area contributed by atoms with Crippen LogP contribution in [0.4, 0.5) is 13.2 Å². The smallest absolute Gasteiger partial charge is 0.416 e. The molecule has 0 aromatic heterocycles. The lowest BCUT2D eigenvalue weighted by Gasteiger charge is -2.31. The molecule has 0 spiro atoms. The van der Waals surface area contributed by atoms with Crippen molar-refractivity contribution in [2.45, 2.75) is 19.0 Å². The van der Waals surface area contributed by atoms with Crippen LogP contribution in [0.1, 0.15) is 28.8 Å². The highest BCUT2D eigenvalue weighted by Gasteiger charge is 2.31. The number of ether oxygens (including phenoxy) is 1. The molecule has 0 radical (unpaired) electrons. The van der Waals surface area contributed by atoms with Crippen LogP contribution in [-0.2, 0) is 11.0 Å². The van der Waals surface area contributed by atoms with E-state index in [-0.39, 0.29) is 23.3 Å². The summed E-state index contributed by atoms with van der Waals surface area (Å²) in [4.78, 5) is 26.4. The maximum Gasteiger partial charge on any atom is 0.416 e. The fourth-order valence-corrected chi connectivity index (χ4v) is 3.33. The summed E-state index contributed by atoms with van der Waals surface area (Å²) in [6, 6.07) is 13.5. The van der Waals surface area contributed by atoms with E-state index in [1.165, 1.54) is 12.1 Å². The molecule has 0 atom stereocenters. The topological polar surface area (TPSA) is 58.6 Å². The summed E-state index contributed by atoms with van der Waals surface area (Å²) >= 11 is 0. The van der Waals surface area contributed by atoms with Gasteiger partial charge < -0.3 is 15.0 Å². The quantitative estimate of drug-likeness (QED) is 0.724. The summed E-state index contributed by atoms with van der Waals surface area (Å²) in [7, 11) is 0. The number of nitrogens with zero attached hydrogens (tertiary/aromatic N) is 1. The van der Waals surface area contributed by atoms with Crippen LogP contribution in [0.25, 0.3) is 0 Å². The summed E-state index contributed by atoms with van der Waals surface area (Å²) in [6.45, 7) is 1.52. The Bertz CT molecular complexity index is 846. The van der Waals surface area contributed by atoms with Crippen molar-refractivity contribution in [2.75, 3.05) is 26.2 Å². The summed E-state index contributed by atoms with van der Waals surface area (Å²) in [5.41, 5.74) is -0.574. The van der Waals surface area contributed by atoms with Gasteiger partial charge in [-0.3, -0.25) is 9.59 Å². The van der Waals surface area contributed by atoms with E-state index >= 15 is 0 Å². The van der Waals surface area contributed by atoms with Crippen molar-refractivity contribution in [3.05, 3.63) is 65.7 Å². The molecule has 0 saturated carbocycles. The number of benzene rings is 2. The number of nitrogens with one attached hydrogen (secondary N) is 1. The van der Waals surface area contributed by atoms with E-state index < -0.39 is 11.7 Å². The Labute approximate surface area is 172 Å². The number of alkyl halides is 3. The molecule has 1 heterocycles. The predicted octanol–water partition coefficient (Wildman–Crippen LogP) is 3.75. The van der Waals surface area contributed by atoms with E-state index in [0.29, 0.717) is 39.1 Å². The monoisotopic (exact) mass is 420 g/mol. The van der Waals surface area contributed by atoms with E-state index in [9.17, 15) is 22.8 Å². The lowest BCUT2D eigenvalue weighted by atomic mass is 9.95. The number of piperidine rings is 1. The van der Waals surface area contributed by atoms with Gasteiger partial charge in [-0.1, -0.05) is 18.2 Å². The number of para-hydroxylation sites is 1. The van der Waals surface area contributed by atoms with Crippen molar-refractivity contribution in [1.82, 2.24) is 10.2 Å². The first-order valence-corrected chi connectivity index (χ1v) is 9.76. The van der Waals surface area contributed by atoms with Gasteiger partial charge in [0, 0.05) is 24.6 Å². The van der Waals surface area contributed by atoms with Crippen molar-refractivity contribution in [3.63, 3.8) is 0 Å². The maximum absolute atomic E-state index is 12.7. The molecule has 1 aliphatic rings. The normalized spacial score (nSPS) is 15.0. The zero-order valence-electron chi connectivity index (χ0n) is 16.3. The highest BCUT2D eigenvalue weighted by Crippen LogP contribution is 2.29. The zero-order valence-corrected chi connectivity index (χ0v) is 16.3. The number of carbonyl (C=O) groups is 2. The number of amides is 2. The molecule has 2 aromatic carbocycles. The highest BCUT2D eigenvalue weighted by molar-refractivity contribution is 5.94. The van der Waals surface area contributed by atoms with Gasteiger partial charge in [-0.05, 0) is 49.2 Å². The van der Waals surface area contributed by atoms with Gasteiger partial charge in [-0.25, -0.2) is 0 Å². The Morgan fingerprint density at radius 1 is 1.00 bits per heavy atom. The highest BCUT2D eigenvalue weighted by atomic mass is 19.4. The second kappa shape index (κ2) is 9.65. The molecule has 1 fully saturated rings. The first-order valence-electron chi connectivity index (χ1n) is 9.76. The van der Waals surface area contributed by atoms with Crippen molar-refractivity contribution >= 4 is 11.8 Å². The minimum Gasteiger partial charge on any atom is -0.492 e. The zero-order chi connectivity index (χ0) is 21.6. The number of carbonyl (C=O) groups excluding carboxylic acids is 2.